The summed E-state index contributed by atoms with van der Waals surface area (Å²) in [5, 5.41) is 5.78. The van der Waals surface area contributed by atoms with Crippen molar-refractivity contribution in [1.29, 1.82) is 0 Å². The molecule has 1 aliphatic carbocycles. The predicted octanol–water partition coefficient (Wildman–Crippen LogP) is 2.63. The fraction of sp³-hybridized carbons (Fsp3) is 0.591. The highest BCUT2D eigenvalue weighted by Crippen LogP contribution is 2.25. The molecule has 4 amide bonds. The Bertz CT molecular complexity index is 764. The zero-order valence-electron chi connectivity index (χ0n) is 17.5. The van der Waals surface area contributed by atoms with Crippen molar-refractivity contribution in [3.8, 4) is 5.75 Å². The van der Waals surface area contributed by atoms with Gasteiger partial charge in [0.25, 0.3) is 5.91 Å². The zero-order chi connectivity index (χ0) is 21.0. The highest BCUT2D eigenvalue weighted by atomic mass is 16.5. The highest BCUT2D eigenvalue weighted by Gasteiger charge is 2.48. The van der Waals surface area contributed by atoms with Crippen LogP contribution < -0.4 is 15.4 Å². The summed E-state index contributed by atoms with van der Waals surface area (Å²) < 4.78 is 5.15. The summed E-state index contributed by atoms with van der Waals surface area (Å²) in [7, 11) is 1.61. The summed E-state index contributed by atoms with van der Waals surface area (Å²) in [5.74, 6) is 0.578. The summed E-state index contributed by atoms with van der Waals surface area (Å²) >= 11 is 0. The van der Waals surface area contributed by atoms with E-state index in [1.807, 2.05) is 24.3 Å². The van der Waals surface area contributed by atoms with Crippen LogP contribution in [0.4, 0.5) is 4.79 Å². The van der Waals surface area contributed by atoms with Gasteiger partial charge in [0, 0.05) is 6.04 Å². The minimum atomic E-state index is -1.00. The first-order valence-corrected chi connectivity index (χ1v) is 10.4. The first-order chi connectivity index (χ1) is 13.8. The monoisotopic (exact) mass is 401 g/mol. The summed E-state index contributed by atoms with van der Waals surface area (Å²) in [6.07, 6.45) is 5.42. The Hall–Kier alpha value is -2.57. The van der Waals surface area contributed by atoms with Gasteiger partial charge in [0.1, 0.15) is 17.8 Å². The van der Waals surface area contributed by atoms with Gasteiger partial charge in [0.15, 0.2) is 0 Å². The number of imide groups is 1. The standard InChI is InChI=1S/C22H31N3O4/c1-15-6-4-5-7-18(15)23-19(26)14-25-20(27)22(2,24-21(25)28)13-12-16-8-10-17(29-3)11-9-16/h8-11,15,18H,4-7,12-14H2,1-3H3,(H,23,26)(H,24,28)/t15-,18+,22+/m0/s1. The van der Waals surface area contributed by atoms with Crippen LogP contribution in [0.25, 0.3) is 0 Å². The fourth-order valence-electron chi connectivity index (χ4n) is 4.17. The number of rotatable bonds is 7. The van der Waals surface area contributed by atoms with Crippen LogP contribution in [-0.2, 0) is 16.0 Å². The maximum atomic E-state index is 12.9. The minimum absolute atomic E-state index is 0.124. The van der Waals surface area contributed by atoms with Crippen molar-refractivity contribution in [2.75, 3.05) is 13.7 Å². The van der Waals surface area contributed by atoms with Gasteiger partial charge in [-0.1, -0.05) is 31.9 Å². The lowest BCUT2D eigenvalue weighted by atomic mass is 9.86. The Morgan fingerprint density at radius 3 is 2.59 bits per heavy atom. The molecular formula is C22H31N3O4. The van der Waals surface area contributed by atoms with Gasteiger partial charge in [-0.05, 0) is 56.2 Å². The number of nitrogens with one attached hydrogen (secondary N) is 2. The molecule has 0 spiro atoms. The van der Waals surface area contributed by atoms with Crippen LogP contribution in [-0.4, -0.2) is 48.0 Å². The Balaban J connectivity index is 1.56. The van der Waals surface area contributed by atoms with Gasteiger partial charge < -0.3 is 15.4 Å². The van der Waals surface area contributed by atoms with Gasteiger partial charge in [-0.15, -0.1) is 0 Å². The molecule has 0 radical (unpaired) electrons. The number of methoxy groups -OCH3 is 1. The van der Waals surface area contributed by atoms with Crippen LogP contribution in [0.5, 0.6) is 5.75 Å². The number of benzene rings is 1. The van der Waals surface area contributed by atoms with E-state index in [1.165, 1.54) is 6.42 Å². The van der Waals surface area contributed by atoms with Crippen molar-refractivity contribution in [1.82, 2.24) is 15.5 Å². The average molecular weight is 402 g/mol. The van der Waals surface area contributed by atoms with Crippen molar-refractivity contribution >= 4 is 17.8 Å². The third-order valence-electron chi connectivity index (χ3n) is 6.18. The molecule has 3 atom stereocenters. The molecule has 7 heteroatoms. The number of nitrogens with zero attached hydrogens (tertiary/aromatic N) is 1. The van der Waals surface area contributed by atoms with Crippen molar-refractivity contribution in [3.05, 3.63) is 29.8 Å². The van der Waals surface area contributed by atoms with Crippen molar-refractivity contribution < 1.29 is 19.1 Å². The van der Waals surface area contributed by atoms with E-state index in [9.17, 15) is 14.4 Å². The molecule has 2 fully saturated rings. The predicted molar refractivity (Wildman–Crippen MR) is 110 cm³/mol. The van der Waals surface area contributed by atoms with Crippen LogP contribution in [0.1, 0.15) is 51.5 Å². The number of ether oxygens (including phenoxy) is 1. The summed E-state index contributed by atoms with van der Waals surface area (Å²) in [5.41, 5.74) is 0.0478. The van der Waals surface area contributed by atoms with Crippen LogP contribution in [0.15, 0.2) is 24.3 Å². The molecule has 3 rings (SSSR count). The second-order valence-corrected chi connectivity index (χ2v) is 8.44. The molecule has 0 unspecified atom stereocenters. The largest absolute Gasteiger partial charge is 0.497 e. The molecule has 0 aromatic heterocycles. The first kappa shape index (κ1) is 21.1. The smallest absolute Gasteiger partial charge is 0.325 e. The first-order valence-electron chi connectivity index (χ1n) is 10.4. The Morgan fingerprint density at radius 1 is 1.24 bits per heavy atom. The van der Waals surface area contributed by atoms with E-state index in [1.54, 1.807) is 14.0 Å². The molecule has 1 saturated carbocycles. The van der Waals surface area contributed by atoms with Crippen molar-refractivity contribution in [2.45, 2.75) is 64.0 Å². The fourth-order valence-corrected chi connectivity index (χ4v) is 4.17. The van der Waals surface area contributed by atoms with E-state index in [0.29, 0.717) is 18.8 Å². The lowest BCUT2D eigenvalue weighted by Crippen LogP contribution is -2.48. The molecule has 7 nitrogen and oxygen atoms in total. The van der Waals surface area contributed by atoms with E-state index >= 15 is 0 Å². The number of carbonyl (C=O) groups is 3. The average Bonchev–Trinajstić information content (AvgIpc) is 2.92. The molecule has 2 N–H and O–H groups in total. The molecule has 1 aromatic rings. The van der Waals surface area contributed by atoms with Gasteiger partial charge in [-0.3, -0.25) is 14.5 Å². The normalized spacial score (nSPS) is 26.9. The lowest BCUT2D eigenvalue weighted by Gasteiger charge is -2.30. The Kier molecular flexibility index (Phi) is 6.45. The zero-order valence-corrected chi connectivity index (χ0v) is 17.5. The third kappa shape index (κ3) is 4.89. The van der Waals surface area contributed by atoms with E-state index in [2.05, 4.69) is 17.6 Å². The molecule has 1 saturated heterocycles. The highest BCUT2D eigenvalue weighted by molar-refractivity contribution is 6.08. The van der Waals surface area contributed by atoms with Gasteiger partial charge >= 0.3 is 6.03 Å². The quantitative estimate of drug-likeness (QED) is 0.688. The summed E-state index contributed by atoms with van der Waals surface area (Å²) in [6.45, 7) is 3.62. The second-order valence-electron chi connectivity index (χ2n) is 8.44. The maximum Gasteiger partial charge on any atom is 0.325 e. The molecule has 0 bridgehead atoms. The van der Waals surface area contributed by atoms with Crippen molar-refractivity contribution in [3.63, 3.8) is 0 Å². The molecule has 1 aliphatic heterocycles. The number of aryl methyl sites for hydroxylation is 1. The topological polar surface area (TPSA) is 87.7 Å². The van der Waals surface area contributed by atoms with Crippen LogP contribution in [0.3, 0.4) is 0 Å². The molecule has 1 aromatic carbocycles. The number of carbonyl (C=O) groups excluding carboxylic acids is 3. The number of hydrogen-bond acceptors (Lipinski definition) is 4. The van der Waals surface area contributed by atoms with E-state index in [4.69, 9.17) is 4.74 Å². The molecule has 1 heterocycles. The number of urea groups is 1. The summed E-state index contributed by atoms with van der Waals surface area (Å²) in [6, 6.07) is 7.25. The van der Waals surface area contributed by atoms with E-state index < -0.39 is 11.6 Å². The van der Waals surface area contributed by atoms with Crippen LogP contribution in [0.2, 0.25) is 0 Å². The van der Waals surface area contributed by atoms with E-state index in [0.717, 1.165) is 35.5 Å². The van der Waals surface area contributed by atoms with Gasteiger partial charge in [0.2, 0.25) is 5.91 Å². The summed E-state index contributed by atoms with van der Waals surface area (Å²) in [4.78, 5) is 38.8. The Morgan fingerprint density at radius 2 is 1.93 bits per heavy atom. The molecular weight excluding hydrogens is 370 g/mol. The van der Waals surface area contributed by atoms with Crippen molar-refractivity contribution in [2.24, 2.45) is 5.92 Å². The third-order valence-corrected chi connectivity index (χ3v) is 6.18. The molecule has 2 aliphatic rings. The molecule has 158 valence electrons. The minimum Gasteiger partial charge on any atom is -0.497 e. The molecule has 29 heavy (non-hydrogen) atoms. The van der Waals surface area contributed by atoms with Gasteiger partial charge in [0.05, 0.1) is 7.11 Å². The van der Waals surface area contributed by atoms with Gasteiger partial charge in [-0.2, -0.15) is 0 Å². The number of hydrogen-bond donors (Lipinski definition) is 2. The van der Waals surface area contributed by atoms with E-state index in [-0.39, 0.29) is 24.4 Å². The lowest BCUT2D eigenvalue weighted by molar-refractivity contribution is -0.135. The Labute approximate surface area is 172 Å². The van der Waals surface area contributed by atoms with Gasteiger partial charge in [-0.25, -0.2) is 4.79 Å². The maximum absolute atomic E-state index is 12.9. The van der Waals surface area contributed by atoms with Crippen LogP contribution >= 0.6 is 0 Å². The number of amides is 4. The second kappa shape index (κ2) is 8.84. The van der Waals surface area contributed by atoms with Crippen LogP contribution in [0, 0.1) is 5.92 Å². The SMILES string of the molecule is COc1ccc(CC[C@@]2(C)NC(=O)N(CC(=O)N[C@@H]3CCCC[C@@H]3C)C2=O)cc1.